The molecule has 7 heteroatoms. The van der Waals surface area contributed by atoms with E-state index in [1.807, 2.05) is 36.5 Å². The molecule has 5 aromatic rings. The number of amides is 1. The number of nitrogens with zero attached hydrogens (tertiary/aromatic N) is 4. The van der Waals surface area contributed by atoms with E-state index in [0.717, 1.165) is 49.9 Å². The molecule has 0 bridgehead atoms. The van der Waals surface area contributed by atoms with Gasteiger partial charge >= 0.3 is 0 Å². The maximum absolute atomic E-state index is 11.9. The molecule has 6 rings (SSSR count). The van der Waals surface area contributed by atoms with Crippen molar-refractivity contribution in [2.75, 3.05) is 5.73 Å². The zero-order chi connectivity index (χ0) is 21.8. The zero-order valence-corrected chi connectivity index (χ0v) is 17.4. The number of hydrogen-bond donors (Lipinski definition) is 2. The van der Waals surface area contributed by atoms with Gasteiger partial charge in [-0.2, -0.15) is 0 Å². The van der Waals surface area contributed by atoms with E-state index in [0.29, 0.717) is 12.4 Å². The molecule has 0 spiro atoms. The van der Waals surface area contributed by atoms with Gasteiger partial charge in [-0.25, -0.2) is 9.97 Å². The summed E-state index contributed by atoms with van der Waals surface area (Å²) in [6.45, 7) is 2.10. The first-order valence-corrected chi connectivity index (χ1v) is 10.5. The molecule has 0 saturated heterocycles. The first-order chi connectivity index (χ1) is 15.6. The summed E-state index contributed by atoms with van der Waals surface area (Å²) in [5.74, 6) is 0.353. The molecule has 2 aromatic carbocycles. The fraction of sp³-hybridized carbons (Fsp3) is 0.120. The molecule has 1 amide bonds. The third kappa shape index (κ3) is 2.68. The van der Waals surface area contributed by atoms with Gasteiger partial charge in [0.25, 0.3) is 0 Å². The van der Waals surface area contributed by atoms with Crippen LogP contribution in [0.5, 0.6) is 0 Å². The maximum Gasteiger partial charge on any atom is 0.217 e. The molecule has 0 fully saturated rings. The van der Waals surface area contributed by atoms with Gasteiger partial charge in [0.2, 0.25) is 5.91 Å². The van der Waals surface area contributed by atoms with Gasteiger partial charge in [0, 0.05) is 41.7 Å². The van der Waals surface area contributed by atoms with Gasteiger partial charge in [-0.1, -0.05) is 42.5 Å². The number of nitrogen functional groups attached to an aromatic ring is 1. The van der Waals surface area contributed by atoms with Gasteiger partial charge in [0.15, 0.2) is 0 Å². The lowest BCUT2D eigenvalue weighted by Gasteiger charge is -2.29. The van der Waals surface area contributed by atoms with E-state index >= 15 is 0 Å². The van der Waals surface area contributed by atoms with E-state index in [-0.39, 0.29) is 11.9 Å². The third-order valence-corrected chi connectivity index (χ3v) is 6.08. The normalized spacial score (nSPS) is 14.8. The lowest BCUT2D eigenvalue weighted by Crippen LogP contribution is -2.32. The predicted octanol–water partition coefficient (Wildman–Crippen LogP) is 4.09. The average Bonchev–Trinajstić information content (AvgIpc) is 3.14. The number of rotatable bonds is 2. The van der Waals surface area contributed by atoms with E-state index in [1.54, 1.807) is 0 Å². The van der Waals surface area contributed by atoms with Crippen LogP contribution in [-0.4, -0.2) is 25.4 Å². The van der Waals surface area contributed by atoms with Crippen molar-refractivity contribution in [3.63, 3.8) is 0 Å². The molecule has 0 radical (unpaired) electrons. The number of nitrogens with two attached hydrogens (primary N) is 1. The van der Waals surface area contributed by atoms with Crippen LogP contribution in [0.1, 0.15) is 18.5 Å². The van der Waals surface area contributed by atoms with Crippen LogP contribution in [0.15, 0.2) is 67.1 Å². The minimum absolute atomic E-state index is 0.0715. The molecule has 32 heavy (non-hydrogen) atoms. The summed E-state index contributed by atoms with van der Waals surface area (Å²) in [6.07, 6.45) is 3.37. The summed E-state index contributed by atoms with van der Waals surface area (Å²) in [5, 5.41) is 4.94. The van der Waals surface area contributed by atoms with E-state index in [2.05, 4.69) is 49.1 Å². The lowest BCUT2D eigenvalue weighted by atomic mass is 9.90. The van der Waals surface area contributed by atoms with Crippen molar-refractivity contribution >= 4 is 33.7 Å². The van der Waals surface area contributed by atoms with Crippen LogP contribution in [0.4, 0.5) is 5.82 Å². The maximum atomic E-state index is 11.9. The van der Waals surface area contributed by atoms with Crippen LogP contribution < -0.4 is 11.1 Å². The zero-order valence-electron chi connectivity index (χ0n) is 17.4. The van der Waals surface area contributed by atoms with Crippen LogP contribution in [-0.2, 0) is 11.3 Å². The number of pyridine rings is 1. The van der Waals surface area contributed by atoms with E-state index in [1.165, 1.54) is 13.3 Å². The van der Waals surface area contributed by atoms with Crippen molar-refractivity contribution in [3.8, 4) is 22.4 Å². The smallest absolute Gasteiger partial charge is 0.217 e. The number of anilines is 1. The highest BCUT2D eigenvalue weighted by atomic mass is 16.1. The van der Waals surface area contributed by atoms with Crippen molar-refractivity contribution in [3.05, 3.63) is 72.7 Å². The molecule has 4 heterocycles. The highest BCUT2D eigenvalue weighted by Gasteiger charge is 2.32. The average molecular weight is 420 g/mol. The molecular formula is C25H20N6O. The number of fused-ring (bicyclic) bond motifs is 6. The summed E-state index contributed by atoms with van der Waals surface area (Å²) in [4.78, 5) is 25.5. The van der Waals surface area contributed by atoms with Crippen LogP contribution in [0.2, 0.25) is 0 Å². The van der Waals surface area contributed by atoms with Crippen molar-refractivity contribution < 1.29 is 4.79 Å². The predicted molar refractivity (Wildman–Crippen MR) is 125 cm³/mol. The monoisotopic (exact) mass is 420 g/mol. The number of carbonyl (C=O) groups is 1. The van der Waals surface area contributed by atoms with Gasteiger partial charge in [-0.3, -0.25) is 9.78 Å². The number of hydrogen-bond acceptors (Lipinski definition) is 5. The van der Waals surface area contributed by atoms with Gasteiger partial charge in [-0.05, 0) is 17.7 Å². The highest BCUT2D eigenvalue weighted by molar-refractivity contribution is 6.09. The Bertz CT molecular complexity index is 1540. The molecule has 3 N–H and O–H groups in total. The van der Waals surface area contributed by atoms with Crippen molar-refractivity contribution in [2.45, 2.75) is 19.5 Å². The Morgan fingerprint density at radius 1 is 1.09 bits per heavy atom. The molecule has 156 valence electrons. The second kappa shape index (κ2) is 6.88. The molecule has 7 nitrogen and oxygen atoms in total. The Morgan fingerprint density at radius 2 is 1.91 bits per heavy atom. The molecule has 1 aliphatic heterocycles. The quantitative estimate of drug-likeness (QED) is 0.448. The summed E-state index contributed by atoms with van der Waals surface area (Å²) in [7, 11) is 0. The lowest BCUT2D eigenvalue weighted by molar-refractivity contribution is -0.119. The van der Waals surface area contributed by atoms with Gasteiger partial charge in [0.1, 0.15) is 17.8 Å². The van der Waals surface area contributed by atoms with Crippen LogP contribution in [0, 0.1) is 0 Å². The number of carbonyl (C=O) groups excluding carboxylic acids is 1. The molecular weight excluding hydrogens is 400 g/mol. The molecule has 0 saturated carbocycles. The summed E-state index contributed by atoms with van der Waals surface area (Å²) in [5.41, 5.74) is 13.1. The summed E-state index contributed by atoms with van der Waals surface area (Å²) in [6, 6.07) is 18.2. The summed E-state index contributed by atoms with van der Waals surface area (Å²) >= 11 is 0. The standard InChI is InChI=1S/C25H20N6O/c1-14(32)30-20-12-31-23(18-8-4-3-7-17(18)20)21(22-24(26)28-13-29-25(22)31)16-10-15-6-2-5-9-19(15)27-11-16/h2-11,13,20H,12H2,1H3,(H,30,32)(H2,26,28,29)/t20-/m0/s1. The topological polar surface area (TPSA) is 98.7 Å². The number of nitrogens with one attached hydrogen (secondary N) is 1. The number of para-hydroxylation sites is 1. The minimum Gasteiger partial charge on any atom is -0.383 e. The Hall–Kier alpha value is -4.26. The molecule has 0 unspecified atom stereocenters. The number of benzene rings is 2. The van der Waals surface area contributed by atoms with Crippen LogP contribution >= 0.6 is 0 Å². The largest absolute Gasteiger partial charge is 0.383 e. The number of aromatic nitrogens is 4. The van der Waals surface area contributed by atoms with Gasteiger partial charge < -0.3 is 15.6 Å². The van der Waals surface area contributed by atoms with Gasteiger partial charge in [-0.15, -0.1) is 0 Å². The van der Waals surface area contributed by atoms with E-state index < -0.39 is 0 Å². The van der Waals surface area contributed by atoms with Crippen LogP contribution in [0.3, 0.4) is 0 Å². The summed E-state index contributed by atoms with van der Waals surface area (Å²) < 4.78 is 2.14. The molecule has 1 atom stereocenters. The SMILES string of the molecule is CC(=O)N[C@H]1Cn2c(c(-c3cnc4ccccc4c3)c3c(N)ncnc32)-c2ccccc21. The van der Waals surface area contributed by atoms with Crippen molar-refractivity contribution in [2.24, 2.45) is 0 Å². The third-order valence-electron chi connectivity index (χ3n) is 6.08. The molecule has 0 aliphatic carbocycles. The fourth-order valence-corrected chi connectivity index (χ4v) is 4.81. The van der Waals surface area contributed by atoms with Gasteiger partial charge in [0.05, 0.1) is 22.6 Å². The Kier molecular flexibility index (Phi) is 3.98. The first kappa shape index (κ1) is 18.5. The Balaban J connectivity index is 1.71. The highest BCUT2D eigenvalue weighted by Crippen LogP contribution is 2.47. The molecule has 1 aliphatic rings. The molecule has 3 aromatic heterocycles. The van der Waals surface area contributed by atoms with Crippen LogP contribution in [0.25, 0.3) is 44.3 Å². The second-order valence-electron chi connectivity index (χ2n) is 8.05. The minimum atomic E-state index is -0.162. The Labute approximate surface area is 183 Å². The first-order valence-electron chi connectivity index (χ1n) is 10.5. The van der Waals surface area contributed by atoms with Crippen molar-refractivity contribution in [1.82, 2.24) is 24.8 Å². The second-order valence-corrected chi connectivity index (χ2v) is 8.05. The van der Waals surface area contributed by atoms with E-state index in [4.69, 9.17) is 5.73 Å². The fourth-order valence-electron chi connectivity index (χ4n) is 4.81. The van der Waals surface area contributed by atoms with Crippen molar-refractivity contribution in [1.29, 1.82) is 0 Å². The van der Waals surface area contributed by atoms with E-state index in [9.17, 15) is 4.79 Å². The Morgan fingerprint density at radius 3 is 2.78 bits per heavy atom.